The normalized spacial score (nSPS) is 11.1. The van der Waals surface area contributed by atoms with E-state index in [9.17, 15) is 14.0 Å². The van der Waals surface area contributed by atoms with Crippen LogP contribution in [-0.4, -0.2) is 31.3 Å². The van der Waals surface area contributed by atoms with E-state index in [4.69, 9.17) is 9.84 Å². The summed E-state index contributed by atoms with van der Waals surface area (Å²) in [4.78, 5) is 22.5. The first kappa shape index (κ1) is 15.9. The van der Waals surface area contributed by atoms with Gasteiger partial charge in [-0.2, -0.15) is 0 Å². The molecule has 0 aliphatic heterocycles. The molecule has 0 unspecified atom stereocenters. The lowest BCUT2D eigenvalue weighted by Gasteiger charge is -2.24. The maximum atomic E-state index is 14.0. The summed E-state index contributed by atoms with van der Waals surface area (Å²) in [5, 5.41) is 8.90. The van der Waals surface area contributed by atoms with Crippen LogP contribution in [0.4, 0.5) is 4.39 Å². The Morgan fingerprint density at radius 3 is 2.35 bits per heavy atom. The molecule has 0 bridgehead atoms. The number of hydrogen-bond donors (Lipinski definition) is 1. The van der Waals surface area contributed by atoms with Gasteiger partial charge in [-0.15, -0.1) is 0 Å². The van der Waals surface area contributed by atoms with Crippen molar-refractivity contribution in [2.45, 2.75) is 25.7 Å². The van der Waals surface area contributed by atoms with E-state index in [2.05, 4.69) is 4.74 Å². The van der Waals surface area contributed by atoms with Crippen LogP contribution in [0.5, 0.6) is 5.75 Å². The van der Waals surface area contributed by atoms with Crippen molar-refractivity contribution in [3.05, 3.63) is 29.1 Å². The lowest BCUT2D eigenvalue weighted by Crippen LogP contribution is -2.23. The van der Waals surface area contributed by atoms with Gasteiger partial charge in [0, 0.05) is 5.41 Å². The van der Waals surface area contributed by atoms with Gasteiger partial charge in [0.05, 0.1) is 20.6 Å². The summed E-state index contributed by atoms with van der Waals surface area (Å²) in [6, 6.07) is 2.57. The van der Waals surface area contributed by atoms with Crippen molar-refractivity contribution in [2.75, 3.05) is 14.2 Å². The average Bonchev–Trinajstić information content (AvgIpc) is 2.35. The predicted molar refractivity (Wildman–Crippen MR) is 69.6 cm³/mol. The number of carboxylic acid groups (broad SMARTS) is 1. The maximum Gasteiger partial charge on any atom is 0.341 e. The molecule has 0 amide bonds. The average molecular weight is 284 g/mol. The minimum atomic E-state index is -1.01. The van der Waals surface area contributed by atoms with Crippen LogP contribution in [0.15, 0.2) is 12.1 Å². The highest BCUT2D eigenvalue weighted by atomic mass is 19.1. The van der Waals surface area contributed by atoms with Gasteiger partial charge in [-0.3, -0.25) is 4.79 Å². The van der Waals surface area contributed by atoms with Crippen molar-refractivity contribution in [3.8, 4) is 5.75 Å². The number of carboxylic acids is 1. The molecule has 20 heavy (non-hydrogen) atoms. The summed E-state index contributed by atoms with van der Waals surface area (Å²) >= 11 is 0. The third kappa shape index (κ3) is 3.26. The largest absolute Gasteiger partial charge is 0.493 e. The number of halogens is 1. The van der Waals surface area contributed by atoms with E-state index in [1.54, 1.807) is 13.8 Å². The first-order valence-electron chi connectivity index (χ1n) is 5.91. The molecule has 0 heterocycles. The minimum absolute atomic E-state index is 0.0662. The quantitative estimate of drug-likeness (QED) is 0.840. The smallest absolute Gasteiger partial charge is 0.341 e. The number of methoxy groups -OCH3 is 2. The molecule has 0 radical (unpaired) electrons. The number of hydrogen-bond acceptors (Lipinski definition) is 4. The van der Waals surface area contributed by atoms with Gasteiger partial charge >= 0.3 is 11.9 Å². The lowest BCUT2D eigenvalue weighted by atomic mass is 9.81. The number of aliphatic carboxylic acids is 1. The van der Waals surface area contributed by atoms with Crippen molar-refractivity contribution in [1.82, 2.24) is 0 Å². The van der Waals surface area contributed by atoms with E-state index < -0.39 is 23.2 Å². The zero-order valence-electron chi connectivity index (χ0n) is 11.8. The van der Waals surface area contributed by atoms with Crippen LogP contribution in [0.1, 0.15) is 36.2 Å². The molecule has 0 aromatic heterocycles. The van der Waals surface area contributed by atoms with Crippen molar-refractivity contribution in [1.29, 1.82) is 0 Å². The van der Waals surface area contributed by atoms with E-state index in [0.29, 0.717) is 5.56 Å². The Bertz CT molecular complexity index is 537. The van der Waals surface area contributed by atoms with Crippen LogP contribution in [0.3, 0.4) is 0 Å². The van der Waals surface area contributed by atoms with Crippen LogP contribution in [0.2, 0.25) is 0 Å². The standard InChI is InChI=1S/C14H17FO5/c1-14(2,7-11(16)17)8-5-9(13(18)20-4)12(19-3)10(15)6-8/h5-6H,7H2,1-4H3,(H,16,17). The highest BCUT2D eigenvalue weighted by molar-refractivity contribution is 5.93. The van der Waals surface area contributed by atoms with E-state index in [1.807, 2.05) is 0 Å². The third-order valence-corrected chi connectivity index (χ3v) is 3.03. The van der Waals surface area contributed by atoms with Gasteiger partial charge < -0.3 is 14.6 Å². The van der Waals surface area contributed by atoms with Crippen molar-refractivity contribution in [2.24, 2.45) is 0 Å². The first-order chi connectivity index (χ1) is 9.22. The molecule has 0 saturated carbocycles. The van der Waals surface area contributed by atoms with E-state index >= 15 is 0 Å². The molecule has 110 valence electrons. The Balaban J connectivity index is 3.40. The van der Waals surface area contributed by atoms with Crippen molar-refractivity contribution < 1.29 is 28.6 Å². The molecule has 0 atom stereocenters. The molecule has 0 spiro atoms. The molecule has 1 N–H and O–H groups in total. The molecule has 6 heteroatoms. The number of benzene rings is 1. The second-order valence-corrected chi connectivity index (χ2v) is 4.98. The first-order valence-corrected chi connectivity index (χ1v) is 5.91. The van der Waals surface area contributed by atoms with Gasteiger partial charge in [0.2, 0.25) is 0 Å². The zero-order valence-corrected chi connectivity index (χ0v) is 11.8. The Labute approximate surface area is 116 Å². The summed E-state index contributed by atoms with van der Waals surface area (Å²) in [5.41, 5.74) is -0.510. The zero-order chi connectivity index (χ0) is 15.5. The Kier molecular flexibility index (Phi) is 4.70. The summed E-state index contributed by atoms with van der Waals surface area (Å²) in [5.74, 6) is -2.70. The summed E-state index contributed by atoms with van der Waals surface area (Å²) in [7, 11) is 2.42. The topological polar surface area (TPSA) is 72.8 Å². The highest BCUT2D eigenvalue weighted by Crippen LogP contribution is 2.33. The molecule has 0 fully saturated rings. The van der Waals surface area contributed by atoms with Gasteiger partial charge in [-0.1, -0.05) is 13.8 Å². The maximum absolute atomic E-state index is 14.0. The predicted octanol–water partition coefficient (Wildman–Crippen LogP) is 2.37. The summed E-state index contributed by atoms with van der Waals surface area (Å²) in [6.45, 7) is 3.31. The van der Waals surface area contributed by atoms with Gasteiger partial charge in [-0.05, 0) is 17.7 Å². The fourth-order valence-electron chi connectivity index (χ4n) is 1.93. The Morgan fingerprint density at radius 2 is 1.90 bits per heavy atom. The SMILES string of the molecule is COC(=O)c1cc(C(C)(C)CC(=O)O)cc(F)c1OC. The molecule has 1 aromatic carbocycles. The van der Waals surface area contributed by atoms with Gasteiger partial charge in [0.1, 0.15) is 5.56 Å². The lowest BCUT2D eigenvalue weighted by molar-refractivity contribution is -0.138. The minimum Gasteiger partial charge on any atom is -0.493 e. The van der Waals surface area contributed by atoms with E-state index in [0.717, 1.165) is 0 Å². The van der Waals surface area contributed by atoms with Crippen LogP contribution in [-0.2, 0) is 14.9 Å². The van der Waals surface area contributed by atoms with Crippen molar-refractivity contribution >= 4 is 11.9 Å². The molecule has 1 rings (SSSR count). The number of carbonyl (C=O) groups excluding carboxylic acids is 1. The van der Waals surface area contributed by atoms with Crippen LogP contribution < -0.4 is 4.74 Å². The molecule has 1 aromatic rings. The second kappa shape index (κ2) is 5.90. The Hall–Kier alpha value is -2.11. The second-order valence-electron chi connectivity index (χ2n) is 4.98. The third-order valence-electron chi connectivity index (χ3n) is 3.03. The monoisotopic (exact) mass is 284 g/mol. The summed E-state index contributed by atoms with van der Waals surface area (Å²) < 4.78 is 23.4. The van der Waals surface area contributed by atoms with Crippen LogP contribution in [0.25, 0.3) is 0 Å². The number of esters is 1. The molecular weight excluding hydrogens is 267 g/mol. The van der Waals surface area contributed by atoms with E-state index in [-0.39, 0.29) is 17.7 Å². The van der Waals surface area contributed by atoms with E-state index in [1.165, 1.54) is 26.4 Å². The molecular formula is C14H17FO5. The molecule has 0 aliphatic rings. The fourth-order valence-corrected chi connectivity index (χ4v) is 1.93. The Morgan fingerprint density at radius 1 is 1.30 bits per heavy atom. The van der Waals surface area contributed by atoms with Crippen LogP contribution >= 0.6 is 0 Å². The number of carbonyl (C=O) groups is 2. The highest BCUT2D eigenvalue weighted by Gasteiger charge is 2.28. The van der Waals surface area contributed by atoms with Gasteiger partial charge in [-0.25, -0.2) is 9.18 Å². The number of rotatable bonds is 5. The molecule has 5 nitrogen and oxygen atoms in total. The fraction of sp³-hybridized carbons (Fsp3) is 0.429. The van der Waals surface area contributed by atoms with Gasteiger partial charge in [0.25, 0.3) is 0 Å². The van der Waals surface area contributed by atoms with Crippen LogP contribution in [0, 0.1) is 5.82 Å². The summed E-state index contributed by atoms with van der Waals surface area (Å²) in [6.07, 6.45) is -0.195. The molecule has 0 saturated heterocycles. The van der Waals surface area contributed by atoms with Gasteiger partial charge in [0.15, 0.2) is 11.6 Å². The number of ether oxygens (including phenoxy) is 2. The van der Waals surface area contributed by atoms with Crippen molar-refractivity contribution in [3.63, 3.8) is 0 Å². The molecule has 0 aliphatic carbocycles.